The molecule has 4 aliphatic rings. The van der Waals surface area contributed by atoms with Gasteiger partial charge in [-0.3, -0.25) is 24.1 Å². The van der Waals surface area contributed by atoms with Gasteiger partial charge in [-0.15, -0.1) is 11.8 Å². The summed E-state index contributed by atoms with van der Waals surface area (Å²) in [6, 6.07) is 8.51. The fraction of sp³-hybridized carbons (Fsp3) is 0.556. The second-order valence-electron chi connectivity index (χ2n) is 11.0. The van der Waals surface area contributed by atoms with Crippen LogP contribution in [0.25, 0.3) is 0 Å². The number of fused-ring (bicyclic) bond motifs is 9. The number of carboxylic acids is 1. The number of H-pyrrole nitrogens is 1. The molecule has 2 aliphatic carbocycles. The number of aromatic nitrogens is 1. The van der Waals surface area contributed by atoms with Crippen molar-refractivity contribution >= 4 is 46.6 Å². The number of anilines is 1. The molecule has 2 bridgehead atoms. The van der Waals surface area contributed by atoms with E-state index in [2.05, 4.69) is 34.1 Å². The molecule has 1 aromatic carbocycles. The zero-order chi connectivity index (χ0) is 26.0. The lowest BCUT2D eigenvalue weighted by Gasteiger charge is -2.43. The van der Waals surface area contributed by atoms with Crippen LogP contribution >= 0.6 is 23.1 Å². The summed E-state index contributed by atoms with van der Waals surface area (Å²) < 4.78 is 0. The number of thioether (sulfide) groups is 1. The highest BCUT2D eigenvalue weighted by Crippen LogP contribution is 2.68. The summed E-state index contributed by atoms with van der Waals surface area (Å²) in [5, 5.41) is 9.96. The molecule has 3 heterocycles. The first-order chi connectivity index (χ1) is 17.8. The molecular formula is C27H31N3O5S2. The van der Waals surface area contributed by atoms with E-state index in [0.29, 0.717) is 25.8 Å². The van der Waals surface area contributed by atoms with Gasteiger partial charge in [-0.1, -0.05) is 29.9 Å². The molecule has 2 amide bonds. The number of aliphatic carboxylic acids is 1. The van der Waals surface area contributed by atoms with Crippen LogP contribution in [0.15, 0.2) is 34.1 Å². The first kappa shape index (κ1) is 24.7. The van der Waals surface area contributed by atoms with Crippen LogP contribution in [0.1, 0.15) is 48.5 Å². The molecule has 37 heavy (non-hydrogen) atoms. The van der Waals surface area contributed by atoms with E-state index in [-0.39, 0.29) is 63.9 Å². The minimum Gasteiger partial charge on any atom is -0.481 e. The molecule has 0 spiro atoms. The van der Waals surface area contributed by atoms with E-state index in [1.807, 2.05) is 14.1 Å². The second-order valence-corrected chi connectivity index (χ2v) is 13.2. The zero-order valence-electron chi connectivity index (χ0n) is 20.9. The van der Waals surface area contributed by atoms with Gasteiger partial charge in [-0.05, 0) is 54.7 Å². The van der Waals surface area contributed by atoms with Crippen molar-refractivity contribution in [3.05, 3.63) is 44.4 Å². The first-order valence-corrected chi connectivity index (χ1v) is 14.7. The van der Waals surface area contributed by atoms with Crippen molar-refractivity contribution in [3.8, 4) is 0 Å². The van der Waals surface area contributed by atoms with Crippen LogP contribution in [0.4, 0.5) is 5.69 Å². The molecule has 2 aliphatic heterocycles. The average Bonchev–Trinajstić information content (AvgIpc) is 3.58. The Morgan fingerprint density at radius 2 is 1.76 bits per heavy atom. The monoisotopic (exact) mass is 541 g/mol. The van der Waals surface area contributed by atoms with E-state index in [1.165, 1.54) is 16.2 Å². The van der Waals surface area contributed by atoms with Crippen molar-refractivity contribution in [2.24, 2.45) is 29.6 Å². The lowest BCUT2D eigenvalue weighted by atomic mass is 9.68. The smallest absolute Gasteiger partial charge is 0.305 e. The Hall–Kier alpha value is -2.59. The van der Waals surface area contributed by atoms with E-state index < -0.39 is 5.97 Å². The summed E-state index contributed by atoms with van der Waals surface area (Å²) in [6.07, 6.45) is 2.87. The second kappa shape index (κ2) is 9.31. The maximum atomic E-state index is 13.6. The van der Waals surface area contributed by atoms with E-state index >= 15 is 0 Å². The molecular weight excluding hydrogens is 510 g/mol. The minimum atomic E-state index is -0.819. The van der Waals surface area contributed by atoms with E-state index in [0.717, 1.165) is 27.6 Å². The summed E-state index contributed by atoms with van der Waals surface area (Å²) in [5.74, 6) is -0.981. The SMILES string of the molecule is CN(C)c1ccc([C@H]2c3sc(=O)[nH]c3S[C@@H]3[C@H]4C[C@@H]([C@@H]5C(=O)N(CCCCCC(=O)O)C(=O)[C@@H]45)[C@@H]23)cc1. The van der Waals surface area contributed by atoms with Gasteiger partial charge in [0.15, 0.2) is 0 Å². The predicted octanol–water partition coefficient (Wildman–Crippen LogP) is 3.62. The molecule has 8 nitrogen and oxygen atoms in total. The van der Waals surface area contributed by atoms with Crippen molar-refractivity contribution in [1.29, 1.82) is 0 Å². The summed E-state index contributed by atoms with van der Waals surface area (Å²) in [6.45, 7) is 0.377. The third-order valence-electron chi connectivity index (χ3n) is 8.86. The number of nitrogens with one attached hydrogen (secondary N) is 1. The highest BCUT2D eigenvalue weighted by atomic mass is 32.2. The fourth-order valence-corrected chi connectivity index (χ4v) is 10.3. The number of carbonyl (C=O) groups is 3. The molecule has 1 saturated heterocycles. The Morgan fingerprint density at radius 1 is 1.05 bits per heavy atom. The van der Waals surface area contributed by atoms with Crippen molar-refractivity contribution in [1.82, 2.24) is 9.88 Å². The molecule has 6 rings (SSSR count). The van der Waals surface area contributed by atoms with E-state index in [9.17, 15) is 19.2 Å². The molecule has 2 N–H and O–H groups in total. The molecule has 10 heteroatoms. The largest absolute Gasteiger partial charge is 0.481 e. The third kappa shape index (κ3) is 3.94. The van der Waals surface area contributed by atoms with Crippen LogP contribution in [0, 0.1) is 29.6 Å². The number of amides is 2. The maximum absolute atomic E-state index is 13.6. The normalized spacial score (nSPS) is 31.4. The quantitative estimate of drug-likeness (QED) is 0.388. The number of benzene rings is 1. The number of aromatic amines is 1. The molecule has 3 fully saturated rings. The van der Waals surface area contributed by atoms with Gasteiger partial charge in [0, 0.05) is 48.8 Å². The van der Waals surface area contributed by atoms with E-state index in [4.69, 9.17) is 5.11 Å². The lowest BCUT2D eigenvalue weighted by Crippen LogP contribution is -2.42. The number of carboxylic acid groups (broad SMARTS) is 1. The maximum Gasteiger partial charge on any atom is 0.305 e. The first-order valence-electron chi connectivity index (χ1n) is 13.0. The zero-order valence-corrected chi connectivity index (χ0v) is 22.5. The fourth-order valence-electron chi connectivity index (χ4n) is 7.37. The number of rotatable bonds is 8. The minimum absolute atomic E-state index is 0.0327. The Balaban J connectivity index is 1.28. The number of likely N-dealkylation sites (tertiary alicyclic amines) is 1. The number of imide groups is 1. The molecule has 2 saturated carbocycles. The number of hydrogen-bond donors (Lipinski definition) is 2. The molecule has 196 valence electrons. The summed E-state index contributed by atoms with van der Waals surface area (Å²) in [5.41, 5.74) is 2.27. The Morgan fingerprint density at radius 3 is 2.43 bits per heavy atom. The topological polar surface area (TPSA) is 111 Å². The number of carbonyl (C=O) groups excluding carboxylic acids is 2. The summed E-state index contributed by atoms with van der Waals surface area (Å²) >= 11 is 2.99. The Kier molecular flexibility index (Phi) is 6.22. The predicted molar refractivity (Wildman–Crippen MR) is 142 cm³/mol. The van der Waals surface area contributed by atoms with Gasteiger partial charge in [0.1, 0.15) is 0 Å². The van der Waals surface area contributed by atoms with Crippen LogP contribution in [0.2, 0.25) is 0 Å². The molecule has 0 radical (unpaired) electrons. The molecule has 1 aromatic heterocycles. The molecule has 2 aromatic rings. The van der Waals surface area contributed by atoms with E-state index in [1.54, 1.807) is 11.8 Å². The average molecular weight is 542 g/mol. The van der Waals surface area contributed by atoms with Gasteiger partial charge in [0.05, 0.1) is 16.9 Å². The highest BCUT2D eigenvalue weighted by molar-refractivity contribution is 8.00. The molecule has 7 atom stereocenters. The Labute approximate surface area is 223 Å². The number of thiazole rings is 1. The van der Waals surface area contributed by atoms with Crippen LogP contribution in [0.5, 0.6) is 0 Å². The van der Waals surface area contributed by atoms with Crippen molar-refractivity contribution < 1.29 is 19.5 Å². The van der Waals surface area contributed by atoms with Crippen LogP contribution in [0.3, 0.4) is 0 Å². The highest BCUT2D eigenvalue weighted by Gasteiger charge is 2.69. The van der Waals surface area contributed by atoms with Gasteiger partial charge in [0.25, 0.3) is 0 Å². The number of hydrogen-bond acceptors (Lipinski definition) is 7. The summed E-state index contributed by atoms with van der Waals surface area (Å²) in [4.78, 5) is 57.8. The van der Waals surface area contributed by atoms with Crippen LogP contribution in [-0.2, 0) is 14.4 Å². The van der Waals surface area contributed by atoms with Crippen molar-refractivity contribution in [2.75, 3.05) is 25.5 Å². The Bertz CT molecular complexity index is 1300. The van der Waals surface area contributed by atoms with Gasteiger partial charge < -0.3 is 15.0 Å². The summed E-state index contributed by atoms with van der Waals surface area (Å²) in [7, 11) is 4.02. The third-order valence-corrected chi connectivity index (χ3v) is 11.4. The van der Waals surface area contributed by atoms with Gasteiger partial charge in [0.2, 0.25) is 11.8 Å². The van der Waals surface area contributed by atoms with Crippen molar-refractivity contribution in [3.63, 3.8) is 0 Å². The van der Waals surface area contributed by atoms with Gasteiger partial charge in [-0.25, -0.2) is 0 Å². The number of nitrogens with zero attached hydrogens (tertiary/aromatic N) is 2. The number of unbranched alkanes of at least 4 members (excludes halogenated alkanes) is 2. The molecule has 0 unspecified atom stereocenters. The standard InChI is InChI=1S/C27H31N3O5S2/c1-29(2)14-9-7-13(8-10-14)18-19-15-12-16(22(19)36-24-23(18)37-27(35)28-24)21-20(15)25(33)30(26(21)34)11-5-3-4-6-17(31)32/h7-10,15-16,18-22H,3-6,11-12H2,1-2H3,(H,28,35)(H,31,32)/t15-,16+,18-,19+,20+,21+,22-/m1/s1. The van der Waals surface area contributed by atoms with Crippen LogP contribution in [-0.4, -0.2) is 58.7 Å². The van der Waals surface area contributed by atoms with Crippen molar-refractivity contribution in [2.45, 2.75) is 48.3 Å². The lowest BCUT2D eigenvalue weighted by molar-refractivity contribution is -0.141. The van der Waals surface area contributed by atoms with Gasteiger partial charge >= 0.3 is 10.8 Å². The van der Waals surface area contributed by atoms with Crippen LogP contribution < -0.4 is 9.77 Å². The van der Waals surface area contributed by atoms with Gasteiger partial charge in [-0.2, -0.15) is 0 Å².